The average molecular weight is 311 g/mol. The maximum absolute atomic E-state index is 12.7. The zero-order chi connectivity index (χ0) is 14.3. The third-order valence-electron chi connectivity index (χ3n) is 3.65. The number of aryl methyl sites for hydroxylation is 1. The topological polar surface area (TPSA) is 42.3 Å². The lowest BCUT2D eigenvalue weighted by atomic mass is 10.2. The first-order chi connectivity index (χ1) is 9.54. The summed E-state index contributed by atoms with van der Waals surface area (Å²) < 4.78 is 28.7. The van der Waals surface area contributed by atoms with Gasteiger partial charge in [0.1, 0.15) is 4.90 Å². The molecule has 4 nitrogen and oxygen atoms in total. The summed E-state index contributed by atoms with van der Waals surface area (Å²) in [5.74, 6) is 0.294. The van der Waals surface area contributed by atoms with Gasteiger partial charge >= 0.3 is 0 Å². The molecule has 0 bridgehead atoms. The van der Waals surface area contributed by atoms with Crippen LogP contribution in [0.2, 0.25) is 0 Å². The van der Waals surface area contributed by atoms with Gasteiger partial charge in [0.2, 0.25) is 0 Å². The molecule has 3 rings (SSSR count). The Morgan fingerprint density at radius 1 is 1.30 bits per heavy atom. The van der Waals surface area contributed by atoms with E-state index < -0.39 is 10.0 Å². The van der Waals surface area contributed by atoms with Crippen molar-refractivity contribution in [3.8, 4) is 0 Å². The van der Waals surface area contributed by atoms with E-state index in [4.69, 9.17) is 11.6 Å². The lowest BCUT2D eigenvalue weighted by Gasteiger charge is -2.18. The van der Waals surface area contributed by atoms with Gasteiger partial charge in [-0.05, 0) is 24.1 Å². The van der Waals surface area contributed by atoms with Gasteiger partial charge in [0.05, 0.1) is 11.6 Å². The van der Waals surface area contributed by atoms with Crippen molar-refractivity contribution in [3.63, 3.8) is 0 Å². The molecule has 0 N–H and O–H groups in total. The molecule has 2 aromatic rings. The predicted molar refractivity (Wildman–Crippen MR) is 79.6 cm³/mol. The molecule has 0 spiro atoms. The molecule has 0 radical (unpaired) electrons. The van der Waals surface area contributed by atoms with Gasteiger partial charge in [0.15, 0.2) is 0 Å². The number of alkyl halides is 1. The van der Waals surface area contributed by atoms with Crippen molar-refractivity contribution in [1.82, 2.24) is 4.57 Å². The van der Waals surface area contributed by atoms with Crippen LogP contribution < -0.4 is 4.31 Å². The molecule has 20 heavy (non-hydrogen) atoms. The van der Waals surface area contributed by atoms with Crippen molar-refractivity contribution in [2.45, 2.75) is 17.2 Å². The monoisotopic (exact) mass is 310 g/mol. The van der Waals surface area contributed by atoms with Gasteiger partial charge in [0, 0.05) is 25.5 Å². The standard InChI is InChI=1S/C14H15ClN2O2S/c1-16-10-13(8-12(16)9-15)20(18,19)17-7-6-11-4-2-3-5-14(11)17/h2-5,8,10H,6-7,9H2,1H3. The van der Waals surface area contributed by atoms with E-state index in [0.29, 0.717) is 17.3 Å². The Kier molecular flexibility index (Phi) is 3.26. The zero-order valence-electron chi connectivity index (χ0n) is 11.1. The molecule has 0 amide bonds. The lowest BCUT2D eigenvalue weighted by molar-refractivity contribution is 0.592. The maximum atomic E-state index is 12.7. The van der Waals surface area contributed by atoms with Crippen molar-refractivity contribution in [1.29, 1.82) is 0 Å². The molecule has 0 saturated heterocycles. The van der Waals surface area contributed by atoms with Crippen molar-refractivity contribution in [3.05, 3.63) is 47.8 Å². The summed E-state index contributed by atoms with van der Waals surface area (Å²) in [7, 11) is -1.71. The second-order valence-corrected chi connectivity index (χ2v) is 7.00. The van der Waals surface area contributed by atoms with Crippen LogP contribution in [0, 0.1) is 0 Å². The quantitative estimate of drug-likeness (QED) is 0.818. The van der Waals surface area contributed by atoms with Crippen molar-refractivity contribution in [2.75, 3.05) is 10.8 Å². The summed E-state index contributed by atoms with van der Waals surface area (Å²) in [6.45, 7) is 0.493. The van der Waals surface area contributed by atoms with E-state index in [1.54, 1.807) is 23.9 Å². The van der Waals surface area contributed by atoms with Crippen LogP contribution in [0.3, 0.4) is 0 Å². The Morgan fingerprint density at radius 2 is 2.05 bits per heavy atom. The highest BCUT2D eigenvalue weighted by Crippen LogP contribution is 2.33. The van der Waals surface area contributed by atoms with Gasteiger partial charge in [0.25, 0.3) is 10.0 Å². The Labute approximate surface area is 123 Å². The number of hydrogen-bond acceptors (Lipinski definition) is 2. The molecule has 1 aromatic heterocycles. The highest BCUT2D eigenvalue weighted by atomic mass is 35.5. The van der Waals surface area contributed by atoms with Crippen LogP contribution in [0.15, 0.2) is 41.4 Å². The van der Waals surface area contributed by atoms with Crippen LogP contribution in [0.25, 0.3) is 0 Å². The molecule has 1 aromatic carbocycles. The number of rotatable bonds is 3. The second kappa shape index (κ2) is 4.82. The van der Waals surface area contributed by atoms with Gasteiger partial charge in [-0.25, -0.2) is 8.42 Å². The van der Waals surface area contributed by atoms with Crippen LogP contribution in [0.1, 0.15) is 11.3 Å². The van der Waals surface area contributed by atoms with Crippen molar-refractivity contribution in [2.24, 2.45) is 7.05 Å². The van der Waals surface area contributed by atoms with Crippen molar-refractivity contribution >= 4 is 27.3 Å². The molecule has 106 valence electrons. The minimum atomic E-state index is -3.51. The van der Waals surface area contributed by atoms with Crippen LogP contribution in [0.5, 0.6) is 0 Å². The van der Waals surface area contributed by atoms with E-state index in [-0.39, 0.29) is 0 Å². The van der Waals surface area contributed by atoms with Gasteiger partial charge in [-0.1, -0.05) is 18.2 Å². The first-order valence-electron chi connectivity index (χ1n) is 6.36. The van der Waals surface area contributed by atoms with E-state index in [1.807, 2.05) is 24.3 Å². The Bertz CT molecular complexity index is 752. The predicted octanol–water partition coefficient (Wildman–Crippen LogP) is 2.52. The molecule has 1 aliphatic heterocycles. The number of halogens is 1. The molecule has 1 aliphatic rings. The van der Waals surface area contributed by atoms with E-state index >= 15 is 0 Å². The Morgan fingerprint density at radius 3 is 2.75 bits per heavy atom. The lowest BCUT2D eigenvalue weighted by Crippen LogP contribution is -2.28. The molecule has 0 saturated carbocycles. The molecule has 0 fully saturated rings. The molecular weight excluding hydrogens is 296 g/mol. The van der Waals surface area contributed by atoms with E-state index in [9.17, 15) is 8.42 Å². The average Bonchev–Trinajstić information content (AvgIpc) is 3.02. The number of aromatic nitrogens is 1. The van der Waals surface area contributed by atoms with Gasteiger partial charge in [-0.15, -0.1) is 11.6 Å². The SMILES string of the molecule is Cn1cc(S(=O)(=O)N2CCc3ccccc32)cc1CCl. The minimum Gasteiger partial charge on any atom is -0.352 e. The maximum Gasteiger partial charge on any atom is 0.265 e. The van der Waals surface area contributed by atoms with Crippen LogP contribution in [0.4, 0.5) is 5.69 Å². The number of sulfonamides is 1. The molecular formula is C14H15ClN2O2S. The fraction of sp³-hybridized carbons (Fsp3) is 0.286. The Hall–Kier alpha value is -1.46. The highest BCUT2D eigenvalue weighted by molar-refractivity contribution is 7.92. The first kappa shape index (κ1) is 13.5. The number of fused-ring (bicyclic) bond motifs is 1. The fourth-order valence-corrected chi connectivity index (χ4v) is 4.40. The minimum absolute atomic E-state index is 0.294. The Balaban J connectivity index is 2.05. The number of nitrogens with zero attached hydrogens (tertiary/aromatic N) is 2. The highest BCUT2D eigenvalue weighted by Gasteiger charge is 2.31. The third kappa shape index (κ3) is 2.01. The van der Waals surface area contributed by atoms with E-state index in [1.165, 1.54) is 4.31 Å². The molecule has 0 unspecified atom stereocenters. The van der Waals surface area contributed by atoms with Gasteiger partial charge in [-0.2, -0.15) is 0 Å². The molecule has 0 aliphatic carbocycles. The van der Waals surface area contributed by atoms with Gasteiger partial charge < -0.3 is 4.57 Å². The zero-order valence-corrected chi connectivity index (χ0v) is 12.7. The normalized spacial score (nSPS) is 14.6. The summed E-state index contributed by atoms with van der Waals surface area (Å²) in [5, 5.41) is 0. The number of benzene rings is 1. The fourth-order valence-electron chi connectivity index (χ4n) is 2.54. The van der Waals surface area contributed by atoms with E-state index in [2.05, 4.69) is 0 Å². The van der Waals surface area contributed by atoms with Crippen LogP contribution in [-0.2, 0) is 29.4 Å². The summed E-state index contributed by atoms with van der Waals surface area (Å²) >= 11 is 5.81. The first-order valence-corrected chi connectivity index (χ1v) is 8.33. The number of hydrogen-bond donors (Lipinski definition) is 0. The van der Waals surface area contributed by atoms with Crippen LogP contribution in [-0.4, -0.2) is 19.5 Å². The summed E-state index contributed by atoms with van der Waals surface area (Å²) in [6, 6.07) is 9.26. The second-order valence-electron chi connectivity index (χ2n) is 4.87. The number of anilines is 1. The third-order valence-corrected chi connectivity index (χ3v) is 5.70. The summed E-state index contributed by atoms with van der Waals surface area (Å²) in [5.41, 5.74) is 2.64. The summed E-state index contributed by atoms with van der Waals surface area (Å²) in [6.07, 6.45) is 2.37. The number of para-hydroxylation sites is 1. The molecule has 2 heterocycles. The van der Waals surface area contributed by atoms with E-state index in [0.717, 1.165) is 23.4 Å². The van der Waals surface area contributed by atoms with Crippen molar-refractivity contribution < 1.29 is 8.42 Å². The van der Waals surface area contributed by atoms with Crippen LogP contribution >= 0.6 is 11.6 Å². The summed E-state index contributed by atoms with van der Waals surface area (Å²) in [4.78, 5) is 0.298. The molecule has 0 atom stereocenters. The van der Waals surface area contributed by atoms with Gasteiger partial charge in [-0.3, -0.25) is 4.31 Å². The smallest absolute Gasteiger partial charge is 0.265 e. The largest absolute Gasteiger partial charge is 0.352 e. The molecule has 6 heteroatoms.